The molecule has 1 heterocycles. The van der Waals surface area contributed by atoms with Gasteiger partial charge in [0.15, 0.2) is 0 Å². The molecule has 0 radical (unpaired) electrons. The lowest BCUT2D eigenvalue weighted by Crippen LogP contribution is -2.15. The summed E-state index contributed by atoms with van der Waals surface area (Å²) in [5, 5.41) is 2.29. The lowest BCUT2D eigenvalue weighted by atomic mass is 9.81. The van der Waals surface area contributed by atoms with E-state index in [1.54, 1.807) is 0 Å². The van der Waals surface area contributed by atoms with E-state index in [9.17, 15) is 0 Å². The van der Waals surface area contributed by atoms with Crippen LogP contribution >= 0.6 is 0 Å². The molecule has 0 spiro atoms. The van der Waals surface area contributed by atoms with E-state index in [-0.39, 0.29) is 5.41 Å². The van der Waals surface area contributed by atoms with Crippen molar-refractivity contribution in [1.82, 2.24) is 0 Å². The van der Waals surface area contributed by atoms with E-state index in [2.05, 4.69) is 172 Å². The van der Waals surface area contributed by atoms with Gasteiger partial charge in [0.05, 0.1) is 0 Å². The van der Waals surface area contributed by atoms with E-state index in [1.807, 2.05) is 12.1 Å². The Kier molecular flexibility index (Phi) is 6.64. The number of aryl methyl sites for hydroxylation is 2. The smallest absolute Gasteiger partial charge is 0.135 e. The van der Waals surface area contributed by atoms with Crippen molar-refractivity contribution in [3.8, 4) is 33.4 Å². The number of fused-ring (bicyclic) bond motifs is 6. The van der Waals surface area contributed by atoms with E-state index < -0.39 is 0 Å². The molecule has 1 aromatic heterocycles. The van der Waals surface area contributed by atoms with Crippen molar-refractivity contribution in [1.29, 1.82) is 0 Å². The highest BCUT2D eigenvalue weighted by Gasteiger charge is 2.36. The highest BCUT2D eigenvalue weighted by atomic mass is 16.3. The van der Waals surface area contributed by atoms with Crippen molar-refractivity contribution in [2.24, 2.45) is 0 Å². The van der Waals surface area contributed by atoms with E-state index in [0.717, 1.165) is 39.0 Å². The molecule has 0 amide bonds. The van der Waals surface area contributed by atoms with Gasteiger partial charge in [-0.2, -0.15) is 0 Å². The SMILES string of the molecule is Cc1cc(C)c2c(c1)C(C)(C)c1ccc(-c3cccc(N(c4ccccc4)c4ccc(-c5ccc6oc7ccccc7c6c5)cc4)c3)cc1-2. The average Bonchev–Trinajstić information content (AvgIpc) is 3.60. The second-order valence-electron chi connectivity index (χ2n) is 14.0. The van der Waals surface area contributed by atoms with E-state index in [4.69, 9.17) is 4.42 Å². The normalized spacial score (nSPS) is 13.1. The maximum absolute atomic E-state index is 6.08. The van der Waals surface area contributed by atoms with Gasteiger partial charge >= 0.3 is 0 Å². The summed E-state index contributed by atoms with van der Waals surface area (Å²) in [5.41, 5.74) is 18.2. The highest BCUT2D eigenvalue weighted by Crippen LogP contribution is 2.51. The Morgan fingerprint density at radius 1 is 0.469 bits per heavy atom. The van der Waals surface area contributed by atoms with Gasteiger partial charge in [0, 0.05) is 33.2 Å². The largest absolute Gasteiger partial charge is 0.456 e. The second-order valence-corrected chi connectivity index (χ2v) is 14.0. The van der Waals surface area contributed by atoms with Crippen LogP contribution in [-0.4, -0.2) is 0 Å². The van der Waals surface area contributed by atoms with Crippen molar-refractivity contribution in [2.75, 3.05) is 4.90 Å². The molecule has 49 heavy (non-hydrogen) atoms. The summed E-state index contributed by atoms with van der Waals surface area (Å²) in [6.45, 7) is 9.18. The second kappa shape index (κ2) is 11.1. The van der Waals surface area contributed by atoms with Crippen LogP contribution in [0, 0.1) is 13.8 Å². The third-order valence-electron chi connectivity index (χ3n) is 10.4. The van der Waals surface area contributed by atoms with Crippen molar-refractivity contribution >= 4 is 39.0 Å². The molecule has 0 bridgehead atoms. The molecular weight excluding hydrogens is 595 g/mol. The molecule has 0 aliphatic heterocycles. The molecule has 0 fully saturated rings. The number of hydrogen-bond acceptors (Lipinski definition) is 2. The third-order valence-corrected chi connectivity index (χ3v) is 10.4. The van der Waals surface area contributed by atoms with Crippen LogP contribution in [-0.2, 0) is 5.41 Å². The first-order valence-corrected chi connectivity index (χ1v) is 17.1. The zero-order valence-electron chi connectivity index (χ0n) is 28.3. The summed E-state index contributed by atoms with van der Waals surface area (Å²) in [5.74, 6) is 0. The molecule has 0 atom stereocenters. The van der Waals surface area contributed by atoms with Crippen molar-refractivity contribution < 1.29 is 4.42 Å². The van der Waals surface area contributed by atoms with Crippen LogP contribution in [0.15, 0.2) is 156 Å². The topological polar surface area (TPSA) is 16.4 Å². The summed E-state index contributed by atoms with van der Waals surface area (Å²) in [6, 6.07) is 55.0. The number of anilines is 3. The minimum atomic E-state index is -0.0177. The first-order chi connectivity index (χ1) is 23.8. The average molecular weight is 632 g/mol. The quantitative estimate of drug-likeness (QED) is 0.188. The summed E-state index contributed by atoms with van der Waals surface area (Å²) in [4.78, 5) is 2.35. The Labute approximate surface area is 287 Å². The van der Waals surface area contributed by atoms with Crippen molar-refractivity contribution in [3.63, 3.8) is 0 Å². The molecular formula is C47H37NO. The fourth-order valence-corrected chi connectivity index (χ4v) is 8.00. The van der Waals surface area contributed by atoms with Crippen LogP contribution in [0.25, 0.3) is 55.3 Å². The fraction of sp³-hybridized carbons (Fsp3) is 0.106. The van der Waals surface area contributed by atoms with Gasteiger partial charge in [-0.1, -0.05) is 110 Å². The first kappa shape index (κ1) is 29.3. The molecule has 0 unspecified atom stereocenters. The molecule has 2 nitrogen and oxygen atoms in total. The molecule has 2 heteroatoms. The summed E-state index contributed by atoms with van der Waals surface area (Å²) in [6.07, 6.45) is 0. The predicted molar refractivity (Wildman–Crippen MR) is 206 cm³/mol. The lowest BCUT2D eigenvalue weighted by Gasteiger charge is -2.26. The minimum absolute atomic E-state index is 0.0177. The van der Waals surface area contributed by atoms with Gasteiger partial charge in [0.25, 0.3) is 0 Å². The summed E-state index contributed by atoms with van der Waals surface area (Å²) >= 11 is 0. The van der Waals surface area contributed by atoms with Gasteiger partial charge in [-0.15, -0.1) is 0 Å². The standard InChI is InChI=1S/C47H37NO/c1-30-25-31(2)46-41-29-35(19-23-42(41)47(3,4)43(46)26-30)33-11-10-14-38(27-33)48(36-12-6-5-7-13-36)37-21-17-32(18-22-37)34-20-24-45-40(28-34)39-15-8-9-16-44(39)49-45/h5-29H,1-4H3. The van der Waals surface area contributed by atoms with Crippen LogP contribution in [0.2, 0.25) is 0 Å². The predicted octanol–water partition coefficient (Wildman–Crippen LogP) is 13.3. The fourth-order valence-electron chi connectivity index (χ4n) is 8.00. The van der Waals surface area contributed by atoms with E-state index >= 15 is 0 Å². The Morgan fingerprint density at radius 2 is 1.12 bits per heavy atom. The molecule has 7 aromatic carbocycles. The number of hydrogen-bond donors (Lipinski definition) is 0. The van der Waals surface area contributed by atoms with Crippen molar-refractivity contribution in [3.05, 3.63) is 174 Å². The van der Waals surface area contributed by atoms with Gasteiger partial charge in [-0.05, 0) is 125 Å². The number of para-hydroxylation sites is 2. The maximum Gasteiger partial charge on any atom is 0.135 e. The molecule has 8 aromatic rings. The molecule has 1 aliphatic carbocycles. The summed E-state index contributed by atoms with van der Waals surface area (Å²) in [7, 11) is 0. The van der Waals surface area contributed by atoms with Crippen LogP contribution in [0.1, 0.15) is 36.1 Å². The third kappa shape index (κ3) is 4.78. The zero-order valence-corrected chi connectivity index (χ0v) is 28.3. The first-order valence-electron chi connectivity index (χ1n) is 17.1. The Balaban J connectivity index is 1.11. The van der Waals surface area contributed by atoms with Gasteiger partial charge in [-0.3, -0.25) is 0 Å². The van der Waals surface area contributed by atoms with Crippen LogP contribution in [0.4, 0.5) is 17.1 Å². The van der Waals surface area contributed by atoms with Gasteiger partial charge < -0.3 is 9.32 Å². The Bertz CT molecular complexity index is 2540. The number of furan rings is 1. The molecule has 9 rings (SSSR count). The van der Waals surface area contributed by atoms with Crippen LogP contribution < -0.4 is 4.90 Å². The van der Waals surface area contributed by atoms with Gasteiger partial charge in [-0.25, -0.2) is 0 Å². The number of nitrogens with zero attached hydrogens (tertiary/aromatic N) is 1. The lowest BCUT2D eigenvalue weighted by molar-refractivity contribution is 0.659. The van der Waals surface area contributed by atoms with Crippen LogP contribution in [0.3, 0.4) is 0 Å². The number of rotatable bonds is 5. The van der Waals surface area contributed by atoms with E-state index in [0.29, 0.717) is 0 Å². The number of benzene rings is 7. The maximum atomic E-state index is 6.08. The monoisotopic (exact) mass is 631 g/mol. The van der Waals surface area contributed by atoms with Gasteiger partial charge in [0.2, 0.25) is 0 Å². The molecule has 0 saturated heterocycles. The van der Waals surface area contributed by atoms with Crippen LogP contribution in [0.5, 0.6) is 0 Å². The molecule has 0 saturated carbocycles. The van der Waals surface area contributed by atoms with E-state index in [1.165, 1.54) is 55.6 Å². The van der Waals surface area contributed by atoms with Crippen molar-refractivity contribution in [2.45, 2.75) is 33.1 Å². The Morgan fingerprint density at radius 3 is 1.96 bits per heavy atom. The Hall–Kier alpha value is -5.86. The zero-order chi connectivity index (χ0) is 33.3. The highest BCUT2D eigenvalue weighted by molar-refractivity contribution is 6.06. The minimum Gasteiger partial charge on any atom is -0.456 e. The molecule has 0 N–H and O–H groups in total. The summed E-state index contributed by atoms with van der Waals surface area (Å²) < 4.78 is 6.08. The molecule has 236 valence electrons. The van der Waals surface area contributed by atoms with Gasteiger partial charge in [0.1, 0.15) is 11.2 Å². The molecule has 1 aliphatic rings.